The van der Waals surface area contributed by atoms with Crippen molar-refractivity contribution in [3.63, 3.8) is 0 Å². The molecule has 0 radical (unpaired) electrons. The van der Waals surface area contributed by atoms with E-state index >= 15 is 0 Å². The molecule has 18 heavy (non-hydrogen) atoms. The number of allylic oxidation sites excluding steroid dienone is 2. The molecule has 2 aromatic rings. The minimum absolute atomic E-state index is 0.658. The molecule has 1 nitrogen and oxygen atoms in total. The fourth-order valence-electron chi connectivity index (χ4n) is 4.23. The Labute approximate surface area is 108 Å². The number of fused-ring (bicyclic) bond motifs is 6. The first-order chi connectivity index (χ1) is 8.81. The van der Waals surface area contributed by atoms with Crippen LogP contribution in [0.3, 0.4) is 0 Å². The van der Waals surface area contributed by atoms with E-state index in [1.54, 1.807) is 11.3 Å². The van der Waals surface area contributed by atoms with Crippen LogP contribution in [0.5, 0.6) is 0 Å². The van der Waals surface area contributed by atoms with Gasteiger partial charge in [0, 0.05) is 29.6 Å². The van der Waals surface area contributed by atoms with Gasteiger partial charge in [0.15, 0.2) is 0 Å². The number of para-hydroxylation sites is 1. The van der Waals surface area contributed by atoms with E-state index in [1.807, 2.05) is 0 Å². The van der Waals surface area contributed by atoms with Crippen molar-refractivity contribution in [1.82, 2.24) is 4.57 Å². The maximum absolute atomic E-state index is 2.47. The molecule has 0 saturated heterocycles. The van der Waals surface area contributed by atoms with Crippen LogP contribution in [-0.4, -0.2) is 4.57 Å². The number of aryl methyl sites for hydroxylation is 1. The topological polar surface area (TPSA) is 4.93 Å². The molecule has 1 aromatic heterocycles. The van der Waals surface area contributed by atoms with Crippen molar-refractivity contribution in [3.05, 3.63) is 47.7 Å². The van der Waals surface area contributed by atoms with Crippen LogP contribution < -0.4 is 0 Å². The second kappa shape index (κ2) is 3.50. The first-order valence-electron chi connectivity index (χ1n) is 7.06. The lowest BCUT2D eigenvalue weighted by molar-refractivity contribution is 0.433. The second-order valence-electron chi connectivity index (χ2n) is 5.78. The highest BCUT2D eigenvalue weighted by Gasteiger charge is 2.38. The zero-order valence-electron chi connectivity index (χ0n) is 11.1. The van der Waals surface area contributed by atoms with Gasteiger partial charge in [-0.25, -0.2) is 0 Å². The van der Waals surface area contributed by atoms with Gasteiger partial charge in [-0.05, 0) is 36.3 Å². The Morgan fingerprint density at radius 1 is 1.22 bits per heavy atom. The highest BCUT2D eigenvalue weighted by Crippen LogP contribution is 2.52. The summed E-state index contributed by atoms with van der Waals surface area (Å²) in [6.45, 7) is 2.34. The van der Waals surface area contributed by atoms with Gasteiger partial charge in [-0.3, -0.25) is 0 Å². The molecule has 4 rings (SSSR count). The van der Waals surface area contributed by atoms with Crippen LogP contribution in [0.15, 0.2) is 36.4 Å². The molecule has 1 heteroatoms. The quantitative estimate of drug-likeness (QED) is 0.650. The van der Waals surface area contributed by atoms with E-state index in [4.69, 9.17) is 0 Å². The Balaban J connectivity index is 2.11. The lowest BCUT2D eigenvalue weighted by Gasteiger charge is -2.30. The van der Waals surface area contributed by atoms with Gasteiger partial charge < -0.3 is 4.57 Å². The summed E-state index contributed by atoms with van der Waals surface area (Å²) in [7, 11) is 2.24. The maximum atomic E-state index is 2.47. The molecule has 0 unspecified atom stereocenters. The number of hydrogen-bond acceptors (Lipinski definition) is 0. The van der Waals surface area contributed by atoms with Crippen LogP contribution in [-0.2, 0) is 7.05 Å². The van der Waals surface area contributed by atoms with Crippen molar-refractivity contribution in [1.29, 1.82) is 0 Å². The van der Waals surface area contributed by atoms with Gasteiger partial charge in [0.1, 0.15) is 0 Å². The molecule has 0 saturated carbocycles. The Hall–Kier alpha value is -1.50. The minimum atomic E-state index is 0.658. The number of benzene rings is 1. The van der Waals surface area contributed by atoms with E-state index in [2.05, 4.69) is 55.0 Å². The van der Waals surface area contributed by atoms with Crippen LogP contribution in [0.4, 0.5) is 0 Å². The van der Waals surface area contributed by atoms with Gasteiger partial charge >= 0.3 is 0 Å². The van der Waals surface area contributed by atoms with E-state index in [0.29, 0.717) is 5.92 Å². The highest BCUT2D eigenvalue weighted by atomic mass is 15.0. The van der Waals surface area contributed by atoms with E-state index in [-0.39, 0.29) is 0 Å². The Morgan fingerprint density at radius 3 is 2.89 bits per heavy atom. The molecule has 2 aliphatic carbocycles. The summed E-state index contributed by atoms with van der Waals surface area (Å²) in [5.41, 5.74) is 4.62. The molecule has 1 aromatic carbocycles. The summed E-state index contributed by atoms with van der Waals surface area (Å²) < 4.78 is 2.43. The van der Waals surface area contributed by atoms with Crippen LogP contribution >= 0.6 is 0 Å². The molecule has 0 amide bonds. The van der Waals surface area contributed by atoms with Gasteiger partial charge in [0.2, 0.25) is 0 Å². The van der Waals surface area contributed by atoms with E-state index < -0.39 is 0 Å². The molecular formula is C17H19N. The van der Waals surface area contributed by atoms with Crippen LogP contribution in [0.25, 0.3) is 10.9 Å². The summed E-state index contributed by atoms with van der Waals surface area (Å²) in [5, 5.41) is 1.49. The molecule has 92 valence electrons. The molecule has 0 N–H and O–H groups in total. The molecule has 3 atom stereocenters. The molecule has 0 fully saturated rings. The summed E-state index contributed by atoms with van der Waals surface area (Å²) in [4.78, 5) is 0. The zero-order chi connectivity index (χ0) is 12.3. The van der Waals surface area contributed by atoms with Gasteiger partial charge in [0.25, 0.3) is 0 Å². The van der Waals surface area contributed by atoms with E-state index in [1.165, 1.54) is 23.7 Å². The zero-order valence-corrected chi connectivity index (χ0v) is 11.1. The predicted octanol–water partition coefficient (Wildman–Crippen LogP) is 4.35. The first kappa shape index (κ1) is 10.4. The molecule has 1 heterocycles. The van der Waals surface area contributed by atoms with Crippen molar-refractivity contribution >= 4 is 10.9 Å². The summed E-state index contributed by atoms with van der Waals surface area (Å²) in [5.74, 6) is 2.16. The van der Waals surface area contributed by atoms with Gasteiger partial charge in [0.05, 0.1) is 0 Å². The Bertz CT molecular complexity index is 647. The second-order valence-corrected chi connectivity index (χ2v) is 5.78. The van der Waals surface area contributed by atoms with Gasteiger partial charge in [-0.15, -0.1) is 0 Å². The third kappa shape index (κ3) is 1.12. The lowest BCUT2D eigenvalue weighted by atomic mass is 9.75. The minimum Gasteiger partial charge on any atom is -0.347 e. The number of hydrogen-bond donors (Lipinski definition) is 0. The van der Waals surface area contributed by atoms with Gasteiger partial charge in [-0.1, -0.05) is 37.3 Å². The third-order valence-corrected chi connectivity index (χ3v) is 4.99. The average molecular weight is 237 g/mol. The standard InChI is InChI=1S/C17H19N/c1-3-13-11-8-9-12(10-11)17-16(13)14-6-4-5-7-15(14)18(17)2/h4-9,11-13H,3,10H2,1-2H3/t11-,12+,13+/m1/s1. The monoisotopic (exact) mass is 237 g/mol. The van der Waals surface area contributed by atoms with Crippen molar-refractivity contribution in [2.75, 3.05) is 0 Å². The Morgan fingerprint density at radius 2 is 2.06 bits per heavy atom. The lowest BCUT2D eigenvalue weighted by Crippen LogP contribution is -2.18. The van der Waals surface area contributed by atoms with E-state index in [0.717, 1.165) is 11.8 Å². The Kier molecular flexibility index (Phi) is 2.03. The number of aromatic nitrogens is 1. The fourth-order valence-corrected chi connectivity index (χ4v) is 4.23. The van der Waals surface area contributed by atoms with Crippen LogP contribution in [0.2, 0.25) is 0 Å². The van der Waals surface area contributed by atoms with Crippen LogP contribution in [0, 0.1) is 5.92 Å². The number of rotatable bonds is 1. The SMILES string of the molecule is CC[C@@H]1c2c(n(C)c3ccccc23)[C@H]2C=C[C@@H]1C2. The van der Waals surface area contributed by atoms with Crippen LogP contribution in [0.1, 0.15) is 42.9 Å². The first-order valence-corrected chi connectivity index (χ1v) is 7.06. The number of nitrogens with zero attached hydrogens (tertiary/aromatic N) is 1. The summed E-state index contributed by atoms with van der Waals surface area (Å²) in [6.07, 6.45) is 7.49. The largest absolute Gasteiger partial charge is 0.347 e. The fraction of sp³-hybridized carbons (Fsp3) is 0.412. The summed E-state index contributed by atoms with van der Waals surface area (Å²) >= 11 is 0. The average Bonchev–Trinajstić information content (AvgIpc) is 2.94. The molecule has 0 aliphatic heterocycles. The molecule has 2 aliphatic rings. The molecule has 2 bridgehead atoms. The van der Waals surface area contributed by atoms with Crippen molar-refractivity contribution < 1.29 is 0 Å². The maximum Gasteiger partial charge on any atom is 0.0483 e. The van der Waals surface area contributed by atoms with E-state index in [9.17, 15) is 0 Å². The molecular weight excluding hydrogens is 218 g/mol. The highest BCUT2D eigenvalue weighted by molar-refractivity contribution is 5.87. The predicted molar refractivity (Wildman–Crippen MR) is 75.9 cm³/mol. The molecule has 0 spiro atoms. The van der Waals surface area contributed by atoms with Crippen molar-refractivity contribution in [2.24, 2.45) is 13.0 Å². The van der Waals surface area contributed by atoms with Crippen molar-refractivity contribution in [3.8, 4) is 0 Å². The third-order valence-electron chi connectivity index (χ3n) is 4.99. The van der Waals surface area contributed by atoms with Crippen molar-refractivity contribution in [2.45, 2.75) is 31.6 Å². The van der Waals surface area contributed by atoms with Gasteiger partial charge in [-0.2, -0.15) is 0 Å². The summed E-state index contributed by atoms with van der Waals surface area (Å²) in [6, 6.07) is 8.90. The normalized spacial score (nSPS) is 28.9. The smallest absolute Gasteiger partial charge is 0.0483 e.